The Morgan fingerprint density at radius 2 is 1.30 bits per heavy atom. The van der Waals surface area contributed by atoms with Crippen molar-refractivity contribution in [1.82, 2.24) is 5.32 Å². The van der Waals surface area contributed by atoms with Gasteiger partial charge >= 0.3 is 5.97 Å². The van der Waals surface area contributed by atoms with Crippen molar-refractivity contribution < 1.29 is 9.90 Å². The van der Waals surface area contributed by atoms with E-state index in [9.17, 15) is 4.79 Å². The van der Waals surface area contributed by atoms with Crippen molar-refractivity contribution in [2.24, 2.45) is 5.92 Å². The lowest BCUT2D eigenvalue weighted by atomic mass is 9.90. The maximum atomic E-state index is 10.4. The normalized spacial score (nSPS) is 19.5. The van der Waals surface area contributed by atoms with Crippen LogP contribution in [0.1, 0.15) is 103 Å². The second kappa shape index (κ2) is 15.0. The van der Waals surface area contributed by atoms with Crippen molar-refractivity contribution in [2.75, 3.05) is 13.1 Å². The van der Waals surface area contributed by atoms with Gasteiger partial charge in [-0.25, -0.2) is 0 Å². The number of unbranched alkanes of at least 4 members (excludes halogenated alkanes) is 2. The molecule has 0 bridgehead atoms. The van der Waals surface area contributed by atoms with Crippen LogP contribution in [0.2, 0.25) is 0 Å². The van der Waals surface area contributed by atoms with Gasteiger partial charge < -0.3 is 10.4 Å². The average molecular weight is 326 g/mol. The Bertz CT molecular complexity index is 267. The lowest BCUT2D eigenvalue weighted by Gasteiger charge is -2.17. The first kappa shape index (κ1) is 20.5. The zero-order valence-electron chi connectivity index (χ0n) is 15.2. The minimum absolute atomic E-state index is 0.0998. The molecule has 0 aliphatic heterocycles. The maximum absolute atomic E-state index is 10.4. The van der Waals surface area contributed by atoms with Crippen LogP contribution in [0.3, 0.4) is 0 Å². The van der Waals surface area contributed by atoms with Gasteiger partial charge in [-0.3, -0.25) is 4.79 Å². The number of aliphatic carboxylic acids is 1. The molecular weight excluding hydrogens is 286 g/mol. The molecule has 1 saturated carbocycles. The van der Waals surface area contributed by atoms with Crippen LogP contribution >= 0.6 is 0 Å². The lowest BCUT2D eigenvalue weighted by molar-refractivity contribution is -0.135. The topological polar surface area (TPSA) is 49.3 Å². The zero-order chi connectivity index (χ0) is 16.6. The molecule has 0 aromatic heterocycles. The first-order valence-electron chi connectivity index (χ1n) is 10.2. The fraction of sp³-hybridized carbons (Fsp3) is 0.950. The third kappa shape index (κ3) is 13.6. The molecule has 2 N–H and O–H groups in total. The van der Waals surface area contributed by atoms with E-state index >= 15 is 0 Å². The van der Waals surface area contributed by atoms with Crippen LogP contribution in [0.15, 0.2) is 0 Å². The van der Waals surface area contributed by atoms with Gasteiger partial charge in [0.2, 0.25) is 0 Å². The highest BCUT2D eigenvalue weighted by molar-refractivity contribution is 5.68. The molecule has 1 aliphatic carbocycles. The van der Waals surface area contributed by atoms with E-state index in [1.54, 1.807) is 0 Å². The van der Waals surface area contributed by atoms with E-state index in [0.717, 1.165) is 18.9 Å². The fourth-order valence-electron chi connectivity index (χ4n) is 3.77. The molecule has 1 fully saturated rings. The molecule has 0 unspecified atom stereocenters. The Kier molecular flexibility index (Phi) is 13.3. The summed E-state index contributed by atoms with van der Waals surface area (Å²) in [6.07, 6.45) is 22.4. The SMILES string of the molecule is O=C(O)CNCCCCCC1CCCCCCCCCCCC1. The predicted molar refractivity (Wildman–Crippen MR) is 97.9 cm³/mol. The minimum atomic E-state index is -0.756. The van der Waals surface area contributed by atoms with Crippen LogP contribution in [0.5, 0.6) is 0 Å². The van der Waals surface area contributed by atoms with Gasteiger partial charge in [0.1, 0.15) is 0 Å². The Morgan fingerprint density at radius 1 is 0.783 bits per heavy atom. The van der Waals surface area contributed by atoms with Gasteiger partial charge in [0.05, 0.1) is 6.54 Å². The van der Waals surface area contributed by atoms with Crippen molar-refractivity contribution in [3.63, 3.8) is 0 Å². The number of carboxylic acids is 1. The smallest absolute Gasteiger partial charge is 0.317 e. The van der Waals surface area contributed by atoms with Crippen LogP contribution in [0, 0.1) is 5.92 Å². The lowest BCUT2D eigenvalue weighted by Crippen LogP contribution is -2.23. The molecule has 23 heavy (non-hydrogen) atoms. The molecule has 136 valence electrons. The van der Waals surface area contributed by atoms with Crippen molar-refractivity contribution >= 4 is 5.97 Å². The summed E-state index contributed by atoms with van der Waals surface area (Å²) in [6.45, 7) is 0.944. The van der Waals surface area contributed by atoms with Crippen LogP contribution in [-0.4, -0.2) is 24.2 Å². The van der Waals surface area contributed by atoms with Crippen molar-refractivity contribution in [1.29, 1.82) is 0 Å². The molecule has 0 aromatic carbocycles. The van der Waals surface area contributed by atoms with Gasteiger partial charge in [0.25, 0.3) is 0 Å². The van der Waals surface area contributed by atoms with Gasteiger partial charge in [-0.05, 0) is 18.9 Å². The van der Waals surface area contributed by atoms with E-state index in [1.807, 2.05) is 0 Å². The Balaban J connectivity index is 2.08. The third-order valence-electron chi connectivity index (χ3n) is 5.22. The number of carboxylic acid groups (broad SMARTS) is 1. The van der Waals surface area contributed by atoms with Gasteiger partial charge in [0.15, 0.2) is 0 Å². The molecule has 3 nitrogen and oxygen atoms in total. The maximum Gasteiger partial charge on any atom is 0.317 e. The first-order chi connectivity index (χ1) is 11.3. The van der Waals surface area contributed by atoms with Crippen molar-refractivity contribution in [3.8, 4) is 0 Å². The van der Waals surface area contributed by atoms with Gasteiger partial charge in [-0.15, -0.1) is 0 Å². The number of carbonyl (C=O) groups is 1. The highest BCUT2D eigenvalue weighted by Gasteiger charge is 2.09. The number of hydrogen-bond acceptors (Lipinski definition) is 2. The molecule has 0 saturated heterocycles. The summed E-state index contributed by atoms with van der Waals surface area (Å²) in [6, 6.07) is 0. The molecule has 3 heteroatoms. The largest absolute Gasteiger partial charge is 0.480 e. The van der Waals surface area contributed by atoms with Gasteiger partial charge in [0, 0.05) is 0 Å². The summed E-state index contributed by atoms with van der Waals surface area (Å²) >= 11 is 0. The molecule has 1 rings (SSSR count). The average Bonchev–Trinajstić information content (AvgIpc) is 2.55. The second-order valence-corrected chi connectivity index (χ2v) is 7.40. The van der Waals surface area contributed by atoms with E-state index in [0.29, 0.717) is 0 Å². The number of nitrogens with one attached hydrogen (secondary N) is 1. The molecule has 1 aliphatic rings. The minimum Gasteiger partial charge on any atom is -0.480 e. The number of hydrogen-bond donors (Lipinski definition) is 2. The Morgan fingerprint density at radius 3 is 1.83 bits per heavy atom. The van der Waals surface area contributed by atoms with Crippen LogP contribution in [0.25, 0.3) is 0 Å². The first-order valence-corrected chi connectivity index (χ1v) is 10.2. The van der Waals surface area contributed by atoms with E-state index in [2.05, 4.69) is 5.32 Å². The van der Waals surface area contributed by atoms with E-state index in [-0.39, 0.29) is 6.54 Å². The van der Waals surface area contributed by atoms with E-state index < -0.39 is 5.97 Å². The predicted octanol–water partition coefficient (Wildman–Crippen LogP) is 5.53. The summed E-state index contributed by atoms with van der Waals surface area (Å²) in [4.78, 5) is 10.4. The monoisotopic (exact) mass is 325 g/mol. The highest BCUT2D eigenvalue weighted by atomic mass is 16.4. The third-order valence-corrected chi connectivity index (χ3v) is 5.22. The van der Waals surface area contributed by atoms with Crippen LogP contribution in [-0.2, 0) is 4.79 Å². The summed E-state index contributed by atoms with van der Waals surface area (Å²) in [5.41, 5.74) is 0. The van der Waals surface area contributed by atoms with Crippen molar-refractivity contribution in [2.45, 2.75) is 103 Å². The van der Waals surface area contributed by atoms with Crippen LogP contribution in [0.4, 0.5) is 0 Å². The molecule has 0 aromatic rings. The van der Waals surface area contributed by atoms with Crippen LogP contribution < -0.4 is 5.32 Å². The summed E-state index contributed by atoms with van der Waals surface area (Å²) in [7, 11) is 0. The molecule has 0 spiro atoms. The molecule has 0 atom stereocenters. The van der Waals surface area contributed by atoms with E-state index in [1.165, 1.54) is 96.3 Å². The second-order valence-electron chi connectivity index (χ2n) is 7.40. The zero-order valence-corrected chi connectivity index (χ0v) is 15.2. The highest BCUT2D eigenvalue weighted by Crippen LogP contribution is 2.25. The Labute approximate surface area is 143 Å². The summed E-state index contributed by atoms with van der Waals surface area (Å²) in [5.74, 6) is 0.191. The summed E-state index contributed by atoms with van der Waals surface area (Å²) < 4.78 is 0. The Hall–Kier alpha value is -0.570. The quantitative estimate of drug-likeness (QED) is 0.577. The standard InChI is InChI=1S/C20H39NO2/c22-20(23)18-21-17-13-9-12-16-19-14-10-7-5-3-1-2-4-6-8-11-15-19/h19,21H,1-18H2,(H,22,23). The molecule has 0 amide bonds. The summed E-state index contributed by atoms with van der Waals surface area (Å²) in [5, 5.41) is 11.5. The molecular formula is C20H39NO2. The van der Waals surface area contributed by atoms with Gasteiger partial charge in [-0.1, -0.05) is 96.3 Å². The van der Waals surface area contributed by atoms with Crippen molar-refractivity contribution in [3.05, 3.63) is 0 Å². The molecule has 0 heterocycles. The molecule has 0 radical (unpaired) electrons. The van der Waals surface area contributed by atoms with E-state index in [4.69, 9.17) is 5.11 Å². The van der Waals surface area contributed by atoms with Gasteiger partial charge in [-0.2, -0.15) is 0 Å². The number of rotatable bonds is 8. The fourth-order valence-corrected chi connectivity index (χ4v) is 3.77.